The quantitative estimate of drug-likeness (QED) is 0.0323. The Balaban J connectivity index is 3.44. The minimum absolute atomic E-state index is 0.0124. The van der Waals surface area contributed by atoms with E-state index in [1.807, 2.05) is 0 Å². The van der Waals surface area contributed by atoms with Crippen molar-refractivity contribution in [1.29, 1.82) is 0 Å². The highest BCUT2D eigenvalue weighted by Crippen LogP contribution is 2.16. The molecule has 2 atom stereocenters. The minimum Gasteiger partial charge on any atom is -0.466 e. The first kappa shape index (κ1) is 56.6. The Hall–Kier alpha value is -1.40. The van der Waals surface area contributed by atoms with Crippen LogP contribution in [0.5, 0.6) is 0 Å². The Morgan fingerprint density at radius 1 is 0.466 bits per heavy atom. The second-order valence-electron chi connectivity index (χ2n) is 17.9. The number of amides is 1. The molecule has 0 aliphatic rings. The van der Waals surface area contributed by atoms with Crippen LogP contribution in [0.3, 0.4) is 0 Å². The van der Waals surface area contributed by atoms with Crippen molar-refractivity contribution >= 4 is 11.9 Å². The van der Waals surface area contributed by atoms with E-state index in [1.165, 1.54) is 193 Å². The van der Waals surface area contributed by atoms with Gasteiger partial charge in [0.1, 0.15) is 0 Å². The van der Waals surface area contributed by atoms with Crippen molar-refractivity contribution in [2.24, 2.45) is 0 Å². The average molecular weight is 820 g/mol. The Labute approximate surface area is 361 Å². The average Bonchev–Trinajstić information content (AvgIpc) is 3.22. The highest BCUT2D eigenvalue weighted by Gasteiger charge is 2.20. The number of esters is 1. The van der Waals surface area contributed by atoms with Gasteiger partial charge in [0.15, 0.2) is 0 Å². The molecular weight excluding hydrogens is 719 g/mol. The summed E-state index contributed by atoms with van der Waals surface area (Å²) in [5.41, 5.74) is 0. The van der Waals surface area contributed by atoms with Crippen molar-refractivity contribution in [3.8, 4) is 0 Å². The Kier molecular flexibility index (Phi) is 47.1. The molecule has 0 rings (SSSR count). The third kappa shape index (κ3) is 44.2. The van der Waals surface area contributed by atoms with Gasteiger partial charge in [0.2, 0.25) is 5.91 Å². The van der Waals surface area contributed by atoms with Gasteiger partial charge in [0.25, 0.3) is 0 Å². The van der Waals surface area contributed by atoms with Gasteiger partial charge in [-0.05, 0) is 51.4 Å². The van der Waals surface area contributed by atoms with Gasteiger partial charge in [-0.2, -0.15) is 0 Å². The summed E-state index contributed by atoms with van der Waals surface area (Å²) in [7, 11) is 0. The number of ether oxygens (including phenoxy) is 1. The molecule has 0 saturated heterocycles. The summed E-state index contributed by atoms with van der Waals surface area (Å²) < 4.78 is 5.47. The lowest BCUT2D eigenvalue weighted by Crippen LogP contribution is -2.45. The zero-order chi connectivity index (χ0) is 42.3. The van der Waals surface area contributed by atoms with E-state index in [2.05, 4.69) is 31.3 Å². The molecule has 6 heteroatoms. The van der Waals surface area contributed by atoms with Gasteiger partial charge in [-0.25, -0.2) is 0 Å². The second-order valence-corrected chi connectivity index (χ2v) is 17.9. The number of allylic oxidation sites excluding steroid dienone is 2. The lowest BCUT2D eigenvalue weighted by Gasteiger charge is -2.22. The van der Waals surface area contributed by atoms with E-state index in [1.54, 1.807) is 0 Å². The largest absolute Gasteiger partial charge is 0.466 e. The molecule has 0 aromatic carbocycles. The molecule has 0 radical (unpaired) electrons. The summed E-state index contributed by atoms with van der Waals surface area (Å²) in [6.45, 7) is 4.91. The molecule has 6 nitrogen and oxygen atoms in total. The fraction of sp³-hybridized carbons (Fsp3) is 0.923. The summed E-state index contributed by atoms with van der Waals surface area (Å²) in [6.07, 6.45) is 54.6. The highest BCUT2D eigenvalue weighted by molar-refractivity contribution is 5.76. The lowest BCUT2D eigenvalue weighted by molar-refractivity contribution is -0.143. The molecule has 0 heterocycles. The Morgan fingerprint density at radius 3 is 1.22 bits per heavy atom. The molecule has 0 fully saturated rings. The van der Waals surface area contributed by atoms with Gasteiger partial charge in [0, 0.05) is 12.8 Å². The maximum absolute atomic E-state index is 12.4. The topological polar surface area (TPSA) is 95.9 Å². The van der Waals surface area contributed by atoms with Crippen molar-refractivity contribution in [2.45, 2.75) is 296 Å². The van der Waals surface area contributed by atoms with E-state index in [0.717, 1.165) is 57.8 Å². The van der Waals surface area contributed by atoms with Gasteiger partial charge in [0.05, 0.1) is 25.4 Å². The molecule has 0 bridgehead atoms. The minimum atomic E-state index is -0.672. The van der Waals surface area contributed by atoms with E-state index in [0.29, 0.717) is 25.9 Å². The van der Waals surface area contributed by atoms with Crippen LogP contribution in [0.2, 0.25) is 0 Å². The van der Waals surface area contributed by atoms with Crippen molar-refractivity contribution in [3.63, 3.8) is 0 Å². The van der Waals surface area contributed by atoms with Crippen LogP contribution < -0.4 is 5.32 Å². The first-order valence-corrected chi connectivity index (χ1v) is 25.9. The fourth-order valence-corrected chi connectivity index (χ4v) is 8.05. The smallest absolute Gasteiger partial charge is 0.305 e. The second kappa shape index (κ2) is 48.3. The number of aliphatic hydroxyl groups excluding tert-OH is 2. The van der Waals surface area contributed by atoms with Gasteiger partial charge in [-0.3, -0.25) is 9.59 Å². The van der Waals surface area contributed by atoms with Crippen LogP contribution in [0, 0.1) is 0 Å². The molecular formula is C52H101NO5. The number of hydrogen-bond acceptors (Lipinski definition) is 5. The van der Waals surface area contributed by atoms with Crippen LogP contribution in [0.25, 0.3) is 0 Å². The Morgan fingerprint density at radius 2 is 0.810 bits per heavy atom. The van der Waals surface area contributed by atoms with Gasteiger partial charge < -0.3 is 20.3 Å². The number of unbranched alkanes of at least 4 members (excludes halogenated alkanes) is 35. The number of carbonyl (C=O) groups is 2. The third-order valence-corrected chi connectivity index (χ3v) is 12.1. The summed E-state index contributed by atoms with van der Waals surface area (Å²) in [5, 5.41) is 23.2. The lowest BCUT2D eigenvalue weighted by atomic mass is 10.0. The molecule has 0 aliphatic carbocycles. The number of carbonyl (C=O) groups excluding carboxylic acids is 2. The first-order chi connectivity index (χ1) is 28.5. The van der Waals surface area contributed by atoms with E-state index < -0.39 is 12.1 Å². The number of rotatable bonds is 48. The zero-order valence-corrected chi connectivity index (χ0v) is 39.0. The van der Waals surface area contributed by atoms with Crippen LogP contribution in [0.4, 0.5) is 0 Å². The maximum atomic E-state index is 12.4. The summed E-state index contributed by atoms with van der Waals surface area (Å²) in [4.78, 5) is 24.5. The summed E-state index contributed by atoms with van der Waals surface area (Å²) >= 11 is 0. The molecule has 0 aromatic heterocycles. The standard InChI is InChI=1S/C52H101NO5/c1-3-5-7-9-11-13-15-17-18-19-20-21-26-30-34-38-42-46-52(57)58-47-43-39-35-31-27-23-22-25-29-33-37-41-45-51(56)53-49(48-54)50(55)44-40-36-32-28-24-16-14-12-10-8-6-4-2/h17-18,49-50,54-55H,3-16,19-48H2,1-2H3,(H,53,56)/b18-17-. The van der Waals surface area contributed by atoms with Crippen molar-refractivity contribution in [3.05, 3.63) is 12.2 Å². The number of aliphatic hydroxyl groups is 2. The number of nitrogens with one attached hydrogen (secondary N) is 1. The van der Waals surface area contributed by atoms with E-state index in [-0.39, 0.29) is 18.5 Å². The predicted octanol–water partition coefficient (Wildman–Crippen LogP) is 15.3. The fourth-order valence-electron chi connectivity index (χ4n) is 8.05. The molecule has 0 aromatic rings. The van der Waals surface area contributed by atoms with E-state index in [9.17, 15) is 19.8 Å². The third-order valence-electron chi connectivity index (χ3n) is 12.1. The summed E-state index contributed by atoms with van der Waals surface area (Å²) in [6, 6.07) is -0.551. The Bertz CT molecular complexity index is 863. The van der Waals surface area contributed by atoms with Crippen LogP contribution >= 0.6 is 0 Å². The van der Waals surface area contributed by atoms with Crippen LogP contribution in [0.15, 0.2) is 12.2 Å². The SMILES string of the molecule is CCCCCCCC/C=C\CCCCCCCCCC(=O)OCCCCCCCCCCCCCCC(=O)NC(CO)C(O)CCCCCCCCCCCCCC. The molecule has 2 unspecified atom stereocenters. The molecule has 0 spiro atoms. The molecule has 3 N–H and O–H groups in total. The summed E-state index contributed by atoms with van der Waals surface area (Å²) in [5.74, 6) is -0.0631. The van der Waals surface area contributed by atoms with Crippen molar-refractivity contribution in [2.75, 3.05) is 13.2 Å². The van der Waals surface area contributed by atoms with Gasteiger partial charge in [-0.1, -0.05) is 231 Å². The molecule has 0 saturated carbocycles. The van der Waals surface area contributed by atoms with Crippen molar-refractivity contribution in [1.82, 2.24) is 5.32 Å². The molecule has 1 amide bonds. The zero-order valence-electron chi connectivity index (χ0n) is 39.0. The van der Waals surface area contributed by atoms with Gasteiger partial charge in [-0.15, -0.1) is 0 Å². The number of hydrogen-bond donors (Lipinski definition) is 3. The highest BCUT2D eigenvalue weighted by atomic mass is 16.5. The molecule has 58 heavy (non-hydrogen) atoms. The van der Waals surface area contributed by atoms with Crippen LogP contribution in [0.1, 0.15) is 284 Å². The maximum Gasteiger partial charge on any atom is 0.305 e. The molecule has 0 aliphatic heterocycles. The first-order valence-electron chi connectivity index (χ1n) is 25.9. The van der Waals surface area contributed by atoms with E-state index in [4.69, 9.17) is 4.74 Å². The normalized spacial score (nSPS) is 12.7. The molecule has 344 valence electrons. The monoisotopic (exact) mass is 820 g/mol. The predicted molar refractivity (Wildman–Crippen MR) is 250 cm³/mol. The van der Waals surface area contributed by atoms with E-state index >= 15 is 0 Å². The van der Waals surface area contributed by atoms with Crippen LogP contribution in [-0.4, -0.2) is 47.4 Å². The van der Waals surface area contributed by atoms with Gasteiger partial charge >= 0.3 is 5.97 Å². The van der Waals surface area contributed by atoms with Crippen molar-refractivity contribution < 1.29 is 24.5 Å². The van der Waals surface area contributed by atoms with Crippen LogP contribution in [-0.2, 0) is 14.3 Å².